The smallest absolute Gasteiger partial charge is 0.223 e. The monoisotopic (exact) mass is 410 g/mol. The molecule has 3 atom stereocenters. The highest BCUT2D eigenvalue weighted by Gasteiger charge is 2.22. The van der Waals surface area contributed by atoms with Crippen LogP contribution in [0.4, 0.5) is 13.2 Å². The maximum Gasteiger partial charge on any atom is 0.223 e. The second-order valence-electron chi connectivity index (χ2n) is 7.01. The fourth-order valence-electron chi connectivity index (χ4n) is 2.73. The van der Waals surface area contributed by atoms with E-state index in [1.54, 1.807) is 19.1 Å². The summed E-state index contributed by atoms with van der Waals surface area (Å²) in [6.45, 7) is 1.82. The van der Waals surface area contributed by atoms with Gasteiger partial charge in [-0.25, -0.2) is 13.2 Å². The summed E-state index contributed by atoms with van der Waals surface area (Å²) in [5.74, 6) is -2.53. The molecule has 29 heavy (non-hydrogen) atoms. The third-order valence-corrected chi connectivity index (χ3v) is 4.42. The van der Waals surface area contributed by atoms with Gasteiger partial charge in [-0.15, -0.1) is 0 Å². The molecular formula is C21H25F3N2O3. The first-order valence-electron chi connectivity index (χ1n) is 9.23. The molecule has 1 amide bonds. The Morgan fingerprint density at radius 1 is 1.07 bits per heavy atom. The number of aliphatic hydroxyl groups is 1. The number of nitrogens with one attached hydrogen (secondary N) is 1. The van der Waals surface area contributed by atoms with Crippen molar-refractivity contribution in [2.75, 3.05) is 6.61 Å². The number of benzene rings is 2. The van der Waals surface area contributed by atoms with Crippen molar-refractivity contribution in [2.24, 2.45) is 11.7 Å². The van der Waals surface area contributed by atoms with Crippen molar-refractivity contribution in [2.45, 2.75) is 38.6 Å². The first kappa shape index (κ1) is 22.9. The number of aliphatic hydroxyl groups excluding tert-OH is 1. The van der Waals surface area contributed by atoms with E-state index >= 15 is 0 Å². The number of rotatable bonds is 10. The number of ether oxygens (including phenoxy) is 1. The minimum atomic E-state index is -0.995. The second kappa shape index (κ2) is 10.9. The highest BCUT2D eigenvalue weighted by molar-refractivity contribution is 5.78. The van der Waals surface area contributed by atoms with E-state index in [1.807, 2.05) is 0 Å². The van der Waals surface area contributed by atoms with Crippen LogP contribution >= 0.6 is 0 Å². The van der Waals surface area contributed by atoms with E-state index in [4.69, 9.17) is 10.5 Å². The number of halogens is 3. The molecule has 0 aromatic heterocycles. The Morgan fingerprint density at radius 2 is 1.69 bits per heavy atom. The molecule has 0 unspecified atom stereocenters. The van der Waals surface area contributed by atoms with Gasteiger partial charge in [-0.2, -0.15) is 0 Å². The molecule has 2 aromatic carbocycles. The van der Waals surface area contributed by atoms with E-state index in [2.05, 4.69) is 5.32 Å². The molecule has 0 saturated carbocycles. The molecule has 0 spiro atoms. The molecule has 2 rings (SSSR count). The average Bonchev–Trinajstić information content (AvgIpc) is 2.66. The summed E-state index contributed by atoms with van der Waals surface area (Å²) in [5.41, 5.74) is 6.95. The Balaban J connectivity index is 1.72. The zero-order valence-electron chi connectivity index (χ0n) is 16.1. The Hall–Kier alpha value is -2.42. The van der Waals surface area contributed by atoms with Crippen LogP contribution in [0.25, 0.3) is 0 Å². The zero-order chi connectivity index (χ0) is 21.4. The molecule has 8 heteroatoms. The number of hydrogen-bond donors (Lipinski definition) is 3. The number of hydrogen-bond acceptors (Lipinski definition) is 4. The summed E-state index contributed by atoms with van der Waals surface area (Å²) < 4.78 is 44.5. The van der Waals surface area contributed by atoms with E-state index in [1.165, 1.54) is 12.1 Å². The minimum absolute atomic E-state index is 0.0385. The van der Waals surface area contributed by atoms with Gasteiger partial charge in [0.25, 0.3) is 0 Å². The topological polar surface area (TPSA) is 84.6 Å². The van der Waals surface area contributed by atoms with Crippen LogP contribution in [0.3, 0.4) is 0 Å². The van der Waals surface area contributed by atoms with Crippen molar-refractivity contribution in [3.05, 3.63) is 71.0 Å². The van der Waals surface area contributed by atoms with Crippen LogP contribution in [-0.4, -0.2) is 29.8 Å². The molecule has 158 valence electrons. The van der Waals surface area contributed by atoms with Gasteiger partial charge in [-0.05, 0) is 41.8 Å². The lowest BCUT2D eigenvalue weighted by molar-refractivity contribution is -0.125. The van der Waals surface area contributed by atoms with E-state index in [-0.39, 0.29) is 37.9 Å². The number of nitrogens with two attached hydrogens (primary N) is 1. The Morgan fingerprint density at radius 3 is 2.31 bits per heavy atom. The quantitative estimate of drug-likeness (QED) is 0.562. The van der Waals surface area contributed by atoms with Gasteiger partial charge in [0.15, 0.2) is 0 Å². The van der Waals surface area contributed by atoms with E-state index in [9.17, 15) is 23.1 Å². The SMILES string of the molecule is C[C@H](C[C@H](O)[C@@H](N)COCc1cc(F)cc(F)c1)C(=O)NCc1ccc(F)cc1. The Bertz CT molecular complexity index is 782. The van der Waals surface area contributed by atoms with Crippen molar-refractivity contribution in [3.63, 3.8) is 0 Å². The number of amides is 1. The van der Waals surface area contributed by atoms with Crippen molar-refractivity contribution in [1.82, 2.24) is 5.32 Å². The molecule has 0 aliphatic carbocycles. The zero-order valence-corrected chi connectivity index (χ0v) is 16.1. The molecule has 0 saturated heterocycles. The molecule has 0 heterocycles. The fraction of sp³-hybridized carbons (Fsp3) is 0.381. The van der Waals surface area contributed by atoms with Gasteiger partial charge in [0, 0.05) is 18.5 Å². The molecule has 5 nitrogen and oxygen atoms in total. The Kier molecular flexibility index (Phi) is 8.63. The van der Waals surface area contributed by atoms with E-state index in [0.717, 1.165) is 23.8 Å². The molecule has 0 aliphatic heterocycles. The number of carbonyl (C=O) groups excluding carboxylic acids is 1. The maximum absolute atomic E-state index is 13.1. The van der Waals surface area contributed by atoms with Crippen LogP contribution < -0.4 is 11.1 Å². The van der Waals surface area contributed by atoms with Crippen molar-refractivity contribution in [1.29, 1.82) is 0 Å². The predicted octanol–water partition coefficient (Wildman–Crippen LogP) is 2.65. The van der Waals surface area contributed by atoms with Crippen LogP contribution in [0, 0.1) is 23.4 Å². The summed E-state index contributed by atoms with van der Waals surface area (Å²) in [7, 11) is 0. The van der Waals surface area contributed by atoms with Gasteiger partial charge >= 0.3 is 0 Å². The first-order chi connectivity index (χ1) is 13.7. The normalized spacial score (nSPS) is 14.3. The van der Waals surface area contributed by atoms with Crippen molar-refractivity contribution >= 4 is 5.91 Å². The standard InChI is InChI=1S/C21H25F3N2O3/c1-13(21(28)26-10-14-2-4-16(22)5-3-14)6-20(27)19(25)12-29-11-15-7-17(23)9-18(24)8-15/h2-5,7-9,13,19-20,27H,6,10-12,25H2,1H3,(H,26,28)/t13-,19+,20+/m1/s1. The van der Waals surface area contributed by atoms with Crippen LogP contribution in [0.2, 0.25) is 0 Å². The third kappa shape index (κ3) is 7.84. The van der Waals surface area contributed by atoms with Gasteiger partial charge in [-0.1, -0.05) is 19.1 Å². The average molecular weight is 410 g/mol. The first-order valence-corrected chi connectivity index (χ1v) is 9.23. The highest BCUT2D eigenvalue weighted by Crippen LogP contribution is 2.12. The number of carbonyl (C=O) groups is 1. The van der Waals surface area contributed by atoms with Gasteiger partial charge in [0.1, 0.15) is 17.5 Å². The predicted molar refractivity (Wildman–Crippen MR) is 102 cm³/mol. The van der Waals surface area contributed by atoms with E-state index in [0.29, 0.717) is 5.56 Å². The van der Waals surface area contributed by atoms with Gasteiger partial charge in [0.05, 0.1) is 25.4 Å². The maximum atomic E-state index is 13.1. The lowest BCUT2D eigenvalue weighted by Gasteiger charge is -2.22. The van der Waals surface area contributed by atoms with Crippen LogP contribution in [-0.2, 0) is 22.7 Å². The van der Waals surface area contributed by atoms with E-state index < -0.39 is 29.7 Å². The minimum Gasteiger partial charge on any atom is -0.391 e. The summed E-state index contributed by atoms with van der Waals surface area (Å²) in [6, 6.07) is 8.08. The largest absolute Gasteiger partial charge is 0.391 e. The summed E-state index contributed by atoms with van der Waals surface area (Å²) in [6.07, 6.45) is -0.875. The molecular weight excluding hydrogens is 385 g/mol. The van der Waals surface area contributed by atoms with Crippen LogP contribution in [0.1, 0.15) is 24.5 Å². The molecule has 4 N–H and O–H groups in total. The van der Waals surface area contributed by atoms with Crippen LogP contribution in [0.5, 0.6) is 0 Å². The fourth-order valence-corrected chi connectivity index (χ4v) is 2.73. The third-order valence-electron chi connectivity index (χ3n) is 4.42. The van der Waals surface area contributed by atoms with Gasteiger partial charge in [-0.3, -0.25) is 4.79 Å². The van der Waals surface area contributed by atoms with Gasteiger partial charge in [0.2, 0.25) is 5.91 Å². The molecule has 2 aromatic rings. The van der Waals surface area contributed by atoms with Crippen molar-refractivity contribution < 1.29 is 27.8 Å². The molecule has 0 radical (unpaired) electrons. The highest BCUT2D eigenvalue weighted by atomic mass is 19.1. The molecule has 0 aliphatic rings. The second-order valence-corrected chi connectivity index (χ2v) is 7.01. The summed E-state index contributed by atoms with van der Waals surface area (Å²) in [4.78, 5) is 12.2. The summed E-state index contributed by atoms with van der Waals surface area (Å²) in [5, 5.41) is 12.9. The lowest BCUT2D eigenvalue weighted by atomic mass is 9.98. The Labute approximate surface area is 167 Å². The molecule has 0 bridgehead atoms. The molecule has 0 fully saturated rings. The summed E-state index contributed by atoms with van der Waals surface area (Å²) >= 11 is 0. The lowest BCUT2D eigenvalue weighted by Crippen LogP contribution is -2.41. The van der Waals surface area contributed by atoms with Gasteiger partial charge < -0.3 is 20.9 Å². The van der Waals surface area contributed by atoms with Crippen molar-refractivity contribution in [3.8, 4) is 0 Å². The van der Waals surface area contributed by atoms with Crippen LogP contribution in [0.15, 0.2) is 42.5 Å².